The highest BCUT2D eigenvalue weighted by atomic mass is 32.1. The fourth-order valence-corrected chi connectivity index (χ4v) is 4.71. The second-order valence-corrected chi connectivity index (χ2v) is 7.78. The van der Waals surface area contributed by atoms with E-state index in [4.69, 9.17) is 0 Å². The van der Waals surface area contributed by atoms with Crippen LogP contribution in [-0.2, 0) is 11.3 Å². The molecule has 0 saturated carbocycles. The van der Waals surface area contributed by atoms with Gasteiger partial charge in [-0.3, -0.25) is 9.59 Å². The van der Waals surface area contributed by atoms with Gasteiger partial charge in [-0.25, -0.2) is 4.98 Å². The highest BCUT2D eigenvalue weighted by molar-refractivity contribution is 7.14. The van der Waals surface area contributed by atoms with E-state index >= 15 is 0 Å². The number of hydrogen-bond donors (Lipinski definition) is 1. The van der Waals surface area contributed by atoms with Gasteiger partial charge < -0.3 is 14.8 Å². The predicted molar refractivity (Wildman–Crippen MR) is 106 cm³/mol. The number of carbonyl (C=O) groups is 2. The Morgan fingerprint density at radius 1 is 1.26 bits per heavy atom. The lowest BCUT2D eigenvalue weighted by Gasteiger charge is -2.24. The van der Waals surface area contributed by atoms with E-state index in [0.29, 0.717) is 11.4 Å². The van der Waals surface area contributed by atoms with E-state index in [2.05, 4.69) is 10.3 Å². The summed E-state index contributed by atoms with van der Waals surface area (Å²) in [5, 5.41) is 2.83. The first-order valence-electron chi connectivity index (χ1n) is 9.24. The first-order valence-corrected chi connectivity index (χ1v) is 10.1. The summed E-state index contributed by atoms with van der Waals surface area (Å²) in [5.41, 5.74) is 1.87. The number of fused-ring (bicyclic) bond motifs is 1. The Morgan fingerprint density at radius 3 is 2.96 bits per heavy atom. The molecule has 0 radical (unpaired) electrons. The monoisotopic (exact) mass is 382 g/mol. The Kier molecular flexibility index (Phi) is 4.94. The first-order chi connectivity index (χ1) is 13.2. The molecule has 3 aromatic rings. The van der Waals surface area contributed by atoms with Gasteiger partial charge in [-0.2, -0.15) is 0 Å². The zero-order chi connectivity index (χ0) is 18.8. The molecule has 0 aliphatic carbocycles. The quantitative estimate of drug-likeness (QED) is 0.737. The van der Waals surface area contributed by atoms with Crippen molar-refractivity contribution in [2.45, 2.75) is 32.4 Å². The summed E-state index contributed by atoms with van der Waals surface area (Å²) in [7, 11) is 0. The molecular weight excluding hydrogens is 360 g/mol. The molecule has 1 aliphatic rings. The molecule has 1 saturated heterocycles. The fraction of sp³-hybridized carbons (Fsp3) is 0.350. The fourth-order valence-electron chi connectivity index (χ4n) is 3.64. The van der Waals surface area contributed by atoms with Gasteiger partial charge in [0.25, 0.3) is 5.91 Å². The van der Waals surface area contributed by atoms with Crippen molar-refractivity contribution in [3.63, 3.8) is 0 Å². The molecule has 27 heavy (non-hydrogen) atoms. The Labute approximate surface area is 161 Å². The topological polar surface area (TPSA) is 67.2 Å². The van der Waals surface area contributed by atoms with Crippen LogP contribution in [0.2, 0.25) is 0 Å². The Bertz CT molecular complexity index is 977. The molecule has 0 bridgehead atoms. The van der Waals surface area contributed by atoms with Crippen molar-refractivity contribution < 1.29 is 9.59 Å². The Morgan fingerprint density at radius 2 is 2.11 bits per heavy atom. The number of likely N-dealkylation sites (tertiary alicyclic amines) is 1. The van der Waals surface area contributed by atoms with E-state index in [1.54, 1.807) is 6.33 Å². The van der Waals surface area contributed by atoms with Gasteiger partial charge in [0.1, 0.15) is 6.54 Å². The maximum atomic E-state index is 13.0. The zero-order valence-electron chi connectivity index (χ0n) is 15.2. The smallest absolute Gasteiger partial charge is 0.261 e. The standard InChI is InChI=1S/C20H22N4O2S/c1-2-21-20(26)18-10-9-17(27-18)16-8-5-11-24(16)19(25)12-23-13-22-14-6-3-4-7-15(14)23/h3-4,6-7,9-10,13,16H,2,5,8,11-12H2,1H3,(H,21,26). The summed E-state index contributed by atoms with van der Waals surface area (Å²) >= 11 is 1.48. The largest absolute Gasteiger partial charge is 0.352 e. The minimum absolute atomic E-state index is 0.0468. The minimum Gasteiger partial charge on any atom is -0.352 e. The van der Waals surface area contributed by atoms with E-state index in [9.17, 15) is 9.59 Å². The molecule has 1 N–H and O–H groups in total. The van der Waals surface area contributed by atoms with Crippen LogP contribution in [0.5, 0.6) is 0 Å². The molecule has 1 atom stereocenters. The number of amides is 2. The average Bonchev–Trinajstić information content (AvgIpc) is 3.41. The van der Waals surface area contributed by atoms with Crippen molar-refractivity contribution in [3.05, 3.63) is 52.5 Å². The molecule has 1 fully saturated rings. The molecule has 4 rings (SSSR count). The summed E-state index contributed by atoms with van der Waals surface area (Å²) in [6.07, 6.45) is 3.65. The summed E-state index contributed by atoms with van der Waals surface area (Å²) in [4.78, 5) is 33.1. The van der Waals surface area contributed by atoms with Gasteiger partial charge in [-0.1, -0.05) is 12.1 Å². The number of hydrogen-bond acceptors (Lipinski definition) is 4. The van der Waals surface area contributed by atoms with Gasteiger partial charge in [0.2, 0.25) is 5.91 Å². The molecule has 1 aliphatic heterocycles. The second-order valence-electron chi connectivity index (χ2n) is 6.67. The molecule has 140 valence electrons. The van der Waals surface area contributed by atoms with Crippen LogP contribution < -0.4 is 5.32 Å². The molecule has 1 aromatic carbocycles. The number of imidazole rings is 1. The number of nitrogens with zero attached hydrogens (tertiary/aromatic N) is 3. The van der Waals surface area contributed by atoms with Crippen LogP contribution in [-0.4, -0.2) is 39.4 Å². The van der Waals surface area contributed by atoms with Gasteiger partial charge in [0, 0.05) is 18.0 Å². The van der Waals surface area contributed by atoms with Crippen molar-refractivity contribution in [1.29, 1.82) is 0 Å². The van der Waals surface area contributed by atoms with Crippen LogP contribution >= 0.6 is 11.3 Å². The zero-order valence-corrected chi connectivity index (χ0v) is 16.0. The third-order valence-corrected chi connectivity index (χ3v) is 6.11. The van der Waals surface area contributed by atoms with Crippen molar-refractivity contribution in [2.75, 3.05) is 13.1 Å². The molecule has 3 heterocycles. The molecule has 0 spiro atoms. The van der Waals surface area contributed by atoms with Gasteiger partial charge >= 0.3 is 0 Å². The molecule has 7 heteroatoms. The van der Waals surface area contributed by atoms with Crippen molar-refractivity contribution in [3.8, 4) is 0 Å². The first kappa shape index (κ1) is 17.7. The van der Waals surface area contributed by atoms with Crippen LogP contribution in [0.15, 0.2) is 42.7 Å². The number of rotatable bonds is 5. The van der Waals surface area contributed by atoms with Gasteiger partial charge in [0.05, 0.1) is 28.3 Å². The third-order valence-electron chi connectivity index (χ3n) is 4.92. The number of benzene rings is 1. The summed E-state index contributed by atoms with van der Waals surface area (Å²) < 4.78 is 1.90. The number of para-hydroxylation sites is 2. The summed E-state index contributed by atoms with van der Waals surface area (Å²) in [6.45, 7) is 3.55. The van der Waals surface area contributed by atoms with E-state index in [1.807, 2.05) is 52.8 Å². The lowest BCUT2D eigenvalue weighted by Crippen LogP contribution is -2.33. The Balaban J connectivity index is 1.51. The van der Waals surface area contributed by atoms with E-state index in [-0.39, 0.29) is 24.4 Å². The molecule has 1 unspecified atom stereocenters. The molecule has 2 amide bonds. The summed E-state index contributed by atoms with van der Waals surface area (Å²) in [5.74, 6) is 0.0446. The minimum atomic E-state index is -0.0468. The highest BCUT2D eigenvalue weighted by Gasteiger charge is 2.31. The predicted octanol–water partition coefficient (Wildman–Crippen LogP) is 3.21. The number of nitrogens with one attached hydrogen (secondary N) is 1. The van der Waals surface area contributed by atoms with Crippen LogP contribution in [0.25, 0.3) is 11.0 Å². The van der Waals surface area contributed by atoms with Gasteiger partial charge in [-0.05, 0) is 44.0 Å². The highest BCUT2D eigenvalue weighted by Crippen LogP contribution is 2.36. The summed E-state index contributed by atoms with van der Waals surface area (Å²) in [6, 6.07) is 11.7. The van der Waals surface area contributed by atoms with Gasteiger partial charge in [-0.15, -0.1) is 11.3 Å². The number of thiophene rings is 1. The third kappa shape index (κ3) is 3.47. The molecular formula is C20H22N4O2S. The molecule has 2 aromatic heterocycles. The molecule has 6 nitrogen and oxygen atoms in total. The van der Waals surface area contributed by atoms with Crippen LogP contribution in [0.1, 0.15) is 40.4 Å². The maximum absolute atomic E-state index is 13.0. The average molecular weight is 382 g/mol. The van der Waals surface area contributed by atoms with E-state index in [1.165, 1.54) is 11.3 Å². The van der Waals surface area contributed by atoms with E-state index in [0.717, 1.165) is 35.3 Å². The van der Waals surface area contributed by atoms with Gasteiger partial charge in [0.15, 0.2) is 0 Å². The van der Waals surface area contributed by atoms with Crippen molar-refractivity contribution in [2.24, 2.45) is 0 Å². The van der Waals surface area contributed by atoms with Crippen molar-refractivity contribution in [1.82, 2.24) is 19.8 Å². The number of aromatic nitrogens is 2. The van der Waals surface area contributed by atoms with Crippen LogP contribution in [0.4, 0.5) is 0 Å². The SMILES string of the molecule is CCNC(=O)c1ccc(C2CCCN2C(=O)Cn2cnc3ccccc32)s1. The normalized spacial score (nSPS) is 16.8. The lowest BCUT2D eigenvalue weighted by atomic mass is 10.2. The number of carbonyl (C=O) groups excluding carboxylic acids is 2. The van der Waals surface area contributed by atoms with Crippen LogP contribution in [0, 0.1) is 0 Å². The Hall–Kier alpha value is -2.67. The van der Waals surface area contributed by atoms with E-state index < -0.39 is 0 Å². The lowest BCUT2D eigenvalue weighted by molar-refractivity contribution is -0.132. The second kappa shape index (κ2) is 7.52. The maximum Gasteiger partial charge on any atom is 0.261 e. The van der Waals surface area contributed by atoms with Crippen molar-refractivity contribution >= 4 is 34.2 Å². The van der Waals surface area contributed by atoms with Crippen LogP contribution in [0.3, 0.4) is 0 Å².